The van der Waals surface area contributed by atoms with Crippen LogP contribution in [-0.2, 0) is 0 Å². The quantitative estimate of drug-likeness (QED) is 0.834. The third-order valence-electron chi connectivity index (χ3n) is 3.24. The van der Waals surface area contributed by atoms with Gasteiger partial charge >= 0.3 is 0 Å². The third kappa shape index (κ3) is 3.36. The first-order valence-electron chi connectivity index (χ1n) is 7.22. The molecule has 4 nitrogen and oxygen atoms in total. The summed E-state index contributed by atoms with van der Waals surface area (Å²) >= 11 is 0. The first-order chi connectivity index (χ1) is 10.8. The minimum atomic E-state index is -0.338. The molecule has 0 aliphatic carbocycles. The highest BCUT2D eigenvalue weighted by molar-refractivity contribution is 6.02. The van der Waals surface area contributed by atoms with Crippen LogP contribution in [0.25, 0.3) is 0 Å². The second kappa shape index (κ2) is 6.93. The van der Waals surface area contributed by atoms with Crippen molar-refractivity contribution in [2.45, 2.75) is 0 Å². The lowest BCUT2D eigenvalue weighted by Gasteiger charge is -2.13. The molecule has 0 fully saturated rings. The topological polar surface area (TPSA) is 42.9 Å². The Hall–Kier alpha value is -2.56. The molecule has 0 bridgehead atoms. The summed E-state index contributed by atoms with van der Waals surface area (Å²) in [6.07, 6.45) is 0. The van der Waals surface area contributed by atoms with E-state index in [0.717, 1.165) is 12.3 Å². The average molecular weight is 300 g/mol. The predicted molar refractivity (Wildman–Crippen MR) is 83.2 cm³/mol. The fraction of sp³-hybridized carbons (Fsp3) is 0.235. The molecule has 0 radical (unpaired) electrons. The number of ether oxygens (including phenoxy) is 2. The standard InChI is InChI=1S/C17H17FN2O2/c18-14-7-4-8-15(16(14)17-19-9-10-20-17)22-12-11-21-13-5-2-1-3-6-13/h1-8H,9-12H2,(H,19,20). The Morgan fingerprint density at radius 3 is 2.59 bits per heavy atom. The van der Waals surface area contributed by atoms with Crippen LogP contribution >= 0.6 is 0 Å². The Morgan fingerprint density at radius 1 is 1.00 bits per heavy atom. The molecule has 114 valence electrons. The maximum absolute atomic E-state index is 14.0. The van der Waals surface area contributed by atoms with E-state index in [9.17, 15) is 4.39 Å². The van der Waals surface area contributed by atoms with Crippen LogP contribution in [0.2, 0.25) is 0 Å². The largest absolute Gasteiger partial charge is 0.490 e. The number of hydrogen-bond acceptors (Lipinski definition) is 4. The third-order valence-corrected chi connectivity index (χ3v) is 3.24. The van der Waals surface area contributed by atoms with Gasteiger partial charge in [0, 0.05) is 6.54 Å². The highest BCUT2D eigenvalue weighted by Gasteiger charge is 2.18. The maximum atomic E-state index is 14.0. The van der Waals surface area contributed by atoms with Gasteiger partial charge in [0.2, 0.25) is 0 Å². The zero-order valence-corrected chi connectivity index (χ0v) is 12.1. The monoisotopic (exact) mass is 300 g/mol. The molecule has 2 aromatic rings. The van der Waals surface area contributed by atoms with E-state index in [2.05, 4.69) is 10.3 Å². The van der Waals surface area contributed by atoms with Crippen molar-refractivity contribution in [2.24, 2.45) is 4.99 Å². The highest BCUT2D eigenvalue weighted by atomic mass is 19.1. The number of hydrogen-bond donors (Lipinski definition) is 1. The smallest absolute Gasteiger partial charge is 0.137 e. The van der Waals surface area contributed by atoms with Crippen molar-refractivity contribution in [1.82, 2.24) is 5.32 Å². The molecule has 1 aliphatic rings. The number of para-hydroxylation sites is 1. The summed E-state index contributed by atoms with van der Waals surface area (Å²) in [5.41, 5.74) is 0.389. The van der Waals surface area contributed by atoms with E-state index >= 15 is 0 Å². The molecule has 2 aromatic carbocycles. The van der Waals surface area contributed by atoms with Gasteiger partial charge in [0.05, 0.1) is 12.1 Å². The number of nitrogens with zero attached hydrogens (tertiary/aromatic N) is 1. The van der Waals surface area contributed by atoms with Gasteiger partial charge in [-0.15, -0.1) is 0 Å². The minimum Gasteiger partial charge on any atom is -0.490 e. The van der Waals surface area contributed by atoms with Crippen LogP contribution in [0.15, 0.2) is 53.5 Å². The van der Waals surface area contributed by atoms with Gasteiger partial charge in [0.15, 0.2) is 0 Å². The summed E-state index contributed by atoms with van der Waals surface area (Å²) in [7, 11) is 0. The van der Waals surface area contributed by atoms with Gasteiger partial charge in [-0.25, -0.2) is 4.39 Å². The van der Waals surface area contributed by atoms with Crippen molar-refractivity contribution in [3.8, 4) is 11.5 Å². The Kier molecular flexibility index (Phi) is 4.53. The molecular formula is C17H17FN2O2. The van der Waals surface area contributed by atoms with E-state index in [4.69, 9.17) is 9.47 Å². The summed E-state index contributed by atoms with van der Waals surface area (Å²) in [4.78, 5) is 4.26. The zero-order chi connectivity index (χ0) is 15.2. The van der Waals surface area contributed by atoms with Crippen LogP contribution < -0.4 is 14.8 Å². The van der Waals surface area contributed by atoms with E-state index < -0.39 is 0 Å². The summed E-state index contributed by atoms with van der Waals surface area (Å²) in [6, 6.07) is 14.3. The van der Waals surface area contributed by atoms with Crippen molar-refractivity contribution >= 4 is 5.84 Å². The fourth-order valence-corrected chi connectivity index (χ4v) is 2.25. The van der Waals surface area contributed by atoms with Gasteiger partial charge < -0.3 is 14.8 Å². The maximum Gasteiger partial charge on any atom is 0.137 e. The first-order valence-corrected chi connectivity index (χ1v) is 7.22. The zero-order valence-electron chi connectivity index (χ0n) is 12.1. The van der Waals surface area contributed by atoms with E-state index in [1.165, 1.54) is 6.07 Å². The Balaban J connectivity index is 1.62. The van der Waals surface area contributed by atoms with Gasteiger partial charge in [-0.05, 0) is 24.3 Å². The van der Waals surface area contributed by atoms with Crippen molar-refractivity contribution in [2.75, 3.05) is 26.3 Å². The molecular weight excluding hydrogens is 283 g/mol. The van der Waals surface area contributed by atoms with Crippen LogP contribution in [0.4, 0.5) is 4.39 Å². The van der Waals surface area contributed by atoms with E-state index in [0.29, 0.717) is 36.9 Å². The van der Waals surface area contributed by atoms with Crippen molar-refractivity contribution in [3.05, 3.63) is 59.9 Å². The van der Waals surface area contributed by atoms with E-state index in [-0.39, 0.29) is 5.82 Å². The van der Waals surface area contributed by atoms with Gasteiger partial charge in [0.1, 0.15) is 36.4 Å². The summed E-state index contributed by atoms with van der Waals surface area (Å²) < 4.78 is 25.3. The van der Waals surface area contributed by atoms with E-state index in [1.54, 1.807) is 12.1 Å². The Morgan fingerprint density at radius 2 is 1.82 bits per heavy atom. The van der Waals surface area contributed by atoms with Crippen molar-refractivity contribution < 1.29 is 13.9 Å². The molecule has 1 aliphatic heterocycles. The Labute approximate surface area is 128 Å². The molecule has 0 atom stereocenters. The molecule has 5 heteroatoms. The minimum absolute atomic E-state index is 0.332. The lowest BCUT2D eigenvalue weighted by atomic mass is 10.1. The van der Waals surface area contributed by atoms with Gasteiger partial charge in [-0.2, -0.15) is 0 Å². The van der Waals surface area contributed by atoms with Gasteiger partial charge in [-0.3, -0.25) is 4.99 Å². The van der Waals surface area contributed by atoms with Crippen LogP contribution in [0.3, 0.4) is 0 Å². The second-order valence-electron chi connectivity index (χ2n) is 4.78. The number of halogens is 1. The summed E-state index contributed by atoms with van der Waals surface area (Å²) in [5, 5.41) is 3.07. The Bertz CT molecular complexity index is 659. The normalized spacial score (nSPS) is 13.4. The molecule has 1 N–H and O–H groups in total. The van der Waals surface area contributed by atoms with Crippen LogP contribution in [0.5, 0.6) is 11.5 Å². The number of benzene rings is 2. The predicted octanol–water partition coefficient (Wildman–Crippen LogP) is 2.63. The molecule has 0 saturated heterocycles. The number of aliphatic imine (C=N–C) groups is 1. The molecule has 0 amide bonds. The molecule has 22 heavy (non-hydrogen) atoms. The van der Waals surface area contributed by atoms with Crippen LogP contribution in [0.1, 0.15) is 5.56 Å². The fourth-order valence-electron chi connectivity index (χ4n) is 2.25. The average Bonchev–Trinajstić information content (AvgIpc) is 3.06. The number of rotatable bonds is 6. The van der Waals surface area contributed by atoms with Crippen molar-refractivity contribution in [1.29, 1.82) is 0 Å². The van der Waals surface area contributed by atoms with E-state index in [1.807, 2.05) is 30.3 Å². The number of amidine groups is 1. The molecule has 0 aromatic heterocycles. The SMILES string of the molecule is Fc1cccc(OCCOc2ccccc2)c1C1=NCCN1. The first kappa shape index (κ1) is 14.4. The van der Waals surface area contributed by atoms with Crippen molar-refractivity contribution in [3.63, 3.8) is 0 Å². The molecule has 1 heterocycles. The molecule has 0 unspecified atom stereocenters. The molecule has 3 rings (SSSR count). The number of nitrogens with one attached hydrogen (secondary N) is 1. The second-order valence-corrected chi connectivity index (χ2v) is 4.78. The van der Waals surface area contributed by atoms with Crippen LogP contribution in [0, 0.1) is 5.82 Å². The summed E-state index contributed by atoms with van der Waals surface area (Å²) in [5.74, 6) is 1.48. The van der Waals surface area contributed by atoms with Gasteiger partial charge in [0.25, 0.3) is 0 Å². The highest BCUT2D eigenvalue weighted by Crippen LogP contribution is 2.22. The lowest BCUT2D eigenvalue weighted by molar-refractivity contribution is 0.216. The van der Waals surface area contributed by atoms with Gasteiger partial charge in [-0.1, -0.05) is 24.3 Å². The summed E-state index contributed by atoms with van der Waals surface area (Å²) in [6.45, 7) is 2.10. The molecule has 0 spiro atoms. The molecule has 0 saturated carbocycles. The van der Waals surface area contributed by atoms with Crippen LogP contribution in [-0.4, -0.2) is 32.1 Å². The lowest BCUT2D eigenvalue weighted by Crippen LogP contribution is -2.22.